The minimum absolute atomic E-state index is 0.0623. The van der Waals surface area contributed by atoms with Crippen LogP contribution in [0.3, 0.4) is 0 Å². The van der Waals surface area contributed by atoms with E-state index in [0.29, 0.717) is 22.3 Å². The molecule has 2 amide bonds. The molecule has 0 fully saturated rings. The van der Waals surface area contributed by atoms with Crippen LogP contribution in [0.15, 0.2) is 22.7 Å². The molecule has 0 aliphatic rings. The molecule has 0 unspecified atom stereocenters. The minimum Gasteiger partial charge on any atom is -0.496 e. The van der Waals surface area contributed by atoms with Crippen molar-refractivity contribution in [1.82, 2.24) is 10.2 Å². The van der Waals surface area contributed by atoms with Crippen molar-refractivity contribution in [1.29, 1.82) is 0 Å². The van der Waals surface area contributed by atoms with Gasteiger partial charge in [-0.05, 0) is 40.5 Å². The molecule has 1 aromatic carbocycles. The van der Waals surface area contributed by atoms with Gasteiger partial charge in [0, 0.05) is 19.2 Å². The first kappa shape index (κ1) is 16.5. The minimum atomic E-state index is -0.181. The van der Waals surface area contributed by atoms with Crippen molar-refractivity contribution in [2.45, 2.75) is 13.3 Å². The molecule has 20 heavy (non-hydrogen) atoms. The lowest BCUT2D eigenvalue weighted by Crippen LogP contribution is -2.40. The van der Waals surface area contributed by atoms with Crippen LogP contribution in [0, 0.1) is 0 Å². The maximum Gasteiger partial charge on any atom is 0.254 e. The monoisotopic (exact) mass is 342 g/mol. The zero-order valence-corrected chi connectivity index (χ0v) is 13.5. The van der Waals surface area contributed by atoms with Gasteiger partial charge in [-0.25, -0.2) is 0 Å². The first-order valence-corrected chi connectivity index (χ1v) is 7.16. The second kappa shape index (κ2) is 7.89. The lowest BCUT2D eigenvalue weighted by atomic mass is 10.2. The fourth-order valence-electron chi connectivity index (χ4n) is 1.76. The SMILES string of the molecule is CCCN(CC(=O)NC)C(=O)c1ccc(OC)c(Br)c1. The fourth-order valence-corrected chi connectivity index (χ4v) is 2.30. The van der Waals surface area contributed by atoms with Crippen LogP contribution in [0.25, 0.3) is 0 Å². The lowest BCUT2D eigenvalue weighted by Gasteiger charge is -2.21. The van der Waals surface area contributed by atoms with Crippen LogP contribution in [0.1, 0.15) is 23.7 Å². The first-order chi connectivity index (χ1) is 9.53. The summed E-state index contributed by atoms with van der Waals surface area (Å²) in [6, 6.07) is 5.12. The predicted molar refractivity (Wildman–Crippen MR) is 81.0 cm³/mol. The molecule has 0 aromatic heterocycles. The third-order valence-electron chi connectivity index (χ3n) is 2.79. The van der Waals surface area contributed by atoms with Gasteiger partial charge >= 0.3 is 0 Å². The van der Waals surface area contributed by atoms with Crippen molar-refractivity contribution in [2.75, 3.05) is 27.2 Å². The first-order valence-electron chi connectivity index (χ1n) is 6.36. The molecule has 0 saturated carbocycles. The van der Waals surface area contributed by atoms with Crippen molar-refractivity contribution in [3.05, 3.63) is 28.2 Å². The van der Waals surface area contributed by atoms with Crippen molar-refractivity contribution in [2.24, 2.45) is 0 Å². The molecule has 0 radical (unpaired) electrons. The molecule has 1 aromatic rings. The number of hydrogen-bond acceptors (Lipinski definition) is 3. The molecular weight excluding hydrogens is 324 g/mol. The van der Waals surface area contributed by atoms with Crippen LogP contribution in [0.5, 0.6) is 5.75 Å². The van der Waals surface area contributed by atoms with Gasteiger partial charge in [0.2, 0.25) is 5.91 Å². The number of ether oxygens (including phenoxy) is 1. The van der Waals surface area contributed by atoms with E-state index in [-0.39, 0.29) is 18.4 Å². The zero-order valence-electron chi connectivity index (χ0n) is 11.9. The van der Waals surface area contributed by atoms with Gasteiger partial charge in [-0.3, -0.25) is 9.59 Å². The highest BCUT2D eigenvalue weighted by Gasteiger charge is 2.18. The van der Waals surface area contributed by atoms with E-state index in [4.69, 9.17) is 4.74 Å². The van der Waals surface area contributed by atoms with E-state index in [1.165, 1.54) is 4.90 Å². The van der Waals surface area contributed by atoms with Crippen LogP contribution in [-0.4, -0.2) is 44.0 Å². The number of methoxy groups -OCH3 is 1. The maximum absolute atomic E-state index is 12.4. The van der Waals surface area contributed by atoms with Gasteiger partial charge in [0.05, 0.1) is 18.1 Å². The van der Waals surface area contributed by atoms with Crippen molar-refractivity contribution in [3.63, 3.8) is 0 Å². The van der Waals surface area contributed by atoms with E-state index in [2.05, 4.69) is 21.2 Å². The Labute approximate surface area is 127 Å². The predicted octanol–water partition coefficient (Wildman–Crippen LogP) is 2.06. The Balaban J connectivity index is 2.93. The number of rotatable bonds is 6. The Morgan fingerprint density at radius 1 is 1.40 bits per heavy atom. The topological polar surface area (TPSA) is 58.6 Å². The average molecular weight is 343 g/mol. The average Bonchev–Trinajstić information content (AvgIpc) is 2.45. The Morgan fingerprint density at radius 2 is 2.10 bits per heavy atom. The van der Waals surface area contributed by atoms with Crippen LogP contribution < -0.4 is 10.1 Å². The number of carbonyl (C=O) groups excluding carboxylic acids is 2. The van der Waals surface area contributed by atoms with Gasteiger partial charge in [-0.1, -0.05) is 6.92 Å². The van der Waals surface area contributed by atoms with Gasteiger partial charge < -0.3 is 15.0 Å². The summed E-state index contributed by atoms with van der Waals surface area (Å²) in [6.45, 7) is 2.57. The second-order valence-electron chi connectivity index (χ2n) is 4.25. The quantitative estimate of drug-likeness (QED) is 0.860. The molecule has 0 spiro atoms. The molecule has 0 heterocycles. The largest absolute Gasteiger partial charge is 0.496 e. The molecule has 6 heteroatoms. The maximum atomic E-state index is 12.4. The molecule has 0 aliphatic carbocycles. The van der Waals surface area contributed by atoms with Gasteiger partial charge in [0.1, 0.15) is 5.75 Å². The van der Waals surface area contributed by atoms with Crippen molar-refractivity contribution in [3.8, 4) is 5.75 Å². The van der Waals surface area contributed by atoms with Crippen LogP contribution in [0.2, 0.25) is 0 Å². The molecule has 5 nitrogen and oxygen atoms in total. The number of nitrogens with one attached hydrogen (secondary N) is 1. The smallest absolute Gasteiger partial charge is 0.254 e. The van der Waals surface area contributed by atoms with Gasteiger partial charge in [0.25, 0.3) is 5.91 Å². The molecule has 0 bridgehead atoms. The summed E-state index contributed by atoms with van der Waals surface area (Å²) in [6.07, 6.45) is 0.792. The number of nitrogens with zero attached hydrogens (tertiary/aromatic N) is 1. The Morgan fingerprint density at radius 3 is 2.60 bits per heavy atom. The molecule has 1 rings (SSSR count). The van der Waals surface area contributed by atoms with E-state index in [0.717, 1.165) is 6.42 Å². The van der Waals surface area contributed by atoms with Crippen molar-refractivity contribution >= 4 is 27.7 Å². The lowest BCUT2D eigenvalue weighted by molar-refractivity contribution is -0.121. The van der Waals surface area contributed by atoms with Gasteiger partial charge in [-0.2, -0.15) is 0 Å². The summed E-state index contributed by atoms with van der Waals surface area (Å²) in [5, 5.41) is 2.53. The van der Waals surface area contributed by atoms with E-state index in [1.807, 2.05) is 6.92 Å². The van der Waals surface area contributed by atoms with E-state index in [1.54, 1.807) is 32.4 Å². The highest BCUT2D eigenvalue weighted by Crippen LogP contribution is 2.26. The Hall–Kier alpha value is -1.56. The third-order valence-corrected chi connectivity index (χ3v) is 3.41. The van der Waals surface area contributed by atoms with Crippen LogP contribution in [0.4, 0.5) is 0 Å². The summed E-state index contributed by atoms with van der Waals surface area (Å²) in [5.74, 6) is 0.313. The number of carbonyl (C=O) groups is 2. The summed E-state index contributed by atoms with van der Waals surface area (Å²) in [7, 11) is 3.12. The number of halogens is 1. The molecule has 110 valence electrons. The molecule has 0 saturated heterocycles. The standard InChI is InChI=1S/C14H19BrN2O3/c1-4-7-17(9-13(18)16-2)14(19)10-5-6-12(20-3)11(15)8-10/h5-6,8H,4,7,9H2,1-3H3,(H,16,18). The highest BCUT2D eigenvalue weighted by molar-refractivity contribution is 9.10. The second-order valence-corrected chi connectivity index (χ2v) is 5.10. The number of benzene rings is 1. The van der Waals surface area contributed by atoms with Crippen LogP contribution in [-0.2, 0) is 4.79 Å². The Bertz CT molecular complexity index is 491. The van der Waals surface area contributed by atoms with Gasteiger partial charge in [-0.15, -0.1) is 0 Å². The summed E-state index contributed by atoms with van der Waals surface area (Å²) in [4.78, 5) is 25.4. The van der Waals surface area contributed by atoms with Gasteiger partial charge in [0.15, 0.2) is 0 Å². The zero-order chi connectivity index (χ0) is 15.1. The third kappa shape index (κ3) is 4.23. The molecule has 0 atom stereocenters. The molecule has 1 N–H and O–H groups in total. The number of likely N-dealkylation sites (N-methyl/N-ethyl adjacent to an activating group) is 1. The van der Waals surface area contributed by atoms with E-state index >= 15 is 0 Å². The summed E-state index contributed by atoms with van der Waals surface area (Å²) >= 11 is 3.35. The normalized spacial score (nSPS) is 10.0. The van der Waals surface area contributed by atoms with Crippen molar-refractivity contribution < 1.29 is 14.3 Å². The molecule has 0 aliphatic heterocycles. The molecular formula is C14H19BrN2O3. The summed E-state index contributed by atoms with van der Waals surface area (Å²) in [5.41, 5.74) is 0.523. The summed E-state index contributed by atoms with van der Waals surface area (Å²) < 4.78 is 5.84. The van der Waals surface area contributed by atoms with Crippen LogP contribution >= 0.6 is 15.9 Å². The van der Waals surface area contributed by atoms with E-state index in [9.17, 15) is 9.59 Å². The fraction of sp³-hybridized carbons (Fsp3) is 0.429. The highest BCUT2D eigenvalue weighted by atomic mass is 79.9. The number of hydrogen-bond donors (Lipinski definition) is 1. The number of amides is 2. The Kier molecular flexibility index (Phi) is 6.51. The van der Waals surface area contributed by atoms with E-state index < -0.39 is 0 Å².